The summed E-state index contributed by atoms with van der Waals surface area (Å²) in [6.45, 7) is 5.75. The van der Waals surface area contributed by atoms with Gasteiger partial charge in [-0.1, -0.05) is 73.5 Å². The van der Waals surface area contributed by atoms with Gasteiger partial charge in [0.25, 0.3) is 0 Å². The molecule has 2 atom stereocenters. The number of benzene rings is 2. The fourth-order valence-electron chi connectivity index (χ4n) is 4.19. The van der Waals surface area contributed by atoms with Gasteiger partial charge >= 0.3 is 12.1 Å². The molecule has 7 heteroatoms. The minimum absolute atomic E-state index is 0.0934. The zero-order valence-corrected chi connectivity index (χ0v) is 19.8. The number of fused-ring (bicyclic) bond motifs is 3. The van der Waals surface area contributed by atoms with Crippen LogP contribution in [0.2, 0.25) is 0 Å². The fourth-order valence-corrected chi connectivity index (χ4v) is 4.19. The Balaban J connectivity index is 1.68. The number of carbonyl (C=O) groups is 3. The number of carboxylic acids is 1. The van der Waals surface area contributed by atoms with Crippen molar-refractivity contribution in [1.29, 1.82) is 0 Å². The molecule has 7 nitrogen and oxygen atoms in total. The summed E-state index contributed by atoms with van der Waals surface area (Å²) in [5, 5.41) is 14.5. The molecule has 0 saturated heterocycles. The highest BCUT2D eigenvalue weighted by molar-refractivity contribution is 5.89. The van der Waals surface area contributed by atoms with E-state index in [4.69, 9.17) is 4.74 Å². The van der Waals surface area contributed by atoms with Crippen molar-refractivity contribution in [3.8, 4) is 11.1 Å². The van der Waals surface area contributed by atoms with Gasteiger partial charge in [-0.2, -0.15) is 0 Å². The Morgan fingerprint density at radius 3 is 2.09 bits per heavy atom. The molecular formula is C27H32N2O5. The minimum Gasteiger partial charge on any atom is -0.480 e. The average Bonchev–Trinajstić information content (AvgIpc) is 3.13. The van der Waals surface area contributed by atoms with Crippen LogP contribution in [0.25, 0.3) is 11.1 Å². The summed E-state index contributed by atoms with van der Waals surface area (Å²) in [7, 11) is 0. The summed E-state index contributed by atoms with van der Waals surface area (Å²) in [6.07, 6.45) is 2.25. The third-order valence-electron chi connectivity index (χ3n) is 5.91. The lowest BCUT2D eigenvalue weighted by Gasteiger charge is -2.21. The Labute approximate surface area is 200 Å². The van der Waals surface area contributed by atoms with Crippen molar-refractivity contribution in [1.82, 2.24) is 10.6 Å². The second kappa shape index (κ2) is 11.5. The van der Waals surface area contributed by atoms with Crippen LogP contribution in [0.4, 0.5) is 4.79 Å². The van der Waals surface area contributed by atoms with Gasteiger partial charge in [0.1, 0.15) is 18.7 Å². The normalized spacial score (nSPS) is 13.7. The van der Waals surface area contributed by atoms with Crippen molar-refractivity contribution < 1.29 is 24.2 Å². The number of allylic oxidation sites excluding steroid dienone is 1. The summed E-state index contributed by atoms with van der Waals surface area (Å²) < 4.78 is 5.56. The van der Waals surface area contributed by atoms with E-state index >= 15 is 0 Å². The molecule has 3 rings (SSSR count). The maximum Gasteiger partial charge on any atom is 0.407 e. The summed E-state index contributed by atoms with van der Waals surface area (Å²) in [5.74, 6) is -1.74. The number of ether oxygens (including phenoxy) is 1. The predicted octanol–water partition coefficient (Wildman–Crippen LogP) is 4.62. The molecule has 1 aliphatic carbocycles. The fraction of sp³-hybridized carbons (Fsp3) is 0.370. The van der Waals surface area contributed by atoms with E-state index in [0.29, 0.717) is 12.8 Å². The smallest absolute Gasteiger partial charge is 0.407 e. The van der Waals surface area contributed by atoms with E-state index < -0.39 is 30.1 Å². The highest BCUT2D eigenvalue weighted by atomic mass is 16.5. The van der Waals surface area contributed by atoms with Gasteiger partial charge in [0, 0.05) is 5.92 Å². The van der Waals surface area contributed by atoms with E-state index in [0.717, 1.165) is 27.8 Å². The number of carbonyl (C=O) groups excluding carboxylic acids is 2. The van der Waals surface area contributed by atoms with Gasteiger partial charge in [0.05, 0.1) is 0 Å². The first kappa shape index (κ1) is 25.0. The monoisotopic (exact) mass is 464 g/mol. The number of nitrogens with one attached hydrogen (secondary N) is 2. The van der Waals surface area contributed by atoms with Crippen LogP contribution in [0.15, 0.2) is 60.2 Å². The number of carboxylic acid groups (broad SMARTS) is 1. The highest BCUT2D eigenvalue weighted by Crippen LogP contribution is 2.44. The molecule has 0 heterocycles. The molecule has 1 aliphatic rings. The molecule has 3 N–H and O–H groups in total. The van der Waals surface area contributed by atoms with Crippen LogP contribution in [0.1, 0.15) is 57.1 Å². The number of rotatable bonds is 10. The van der Waals surface area contributed by atoms with Crippen molar-refractivity contribution in [2.24, 2.45) is 0 Å². The minimum atomic E-state index is -1.10. The molecule has 0 radical (unpaired) electrons. The molecule has 2 aromatic rings. The van der Waals surface area contributed by atoms with E-state index in [1.807, 2.05) is 63.2 Å². The maximum atomic E-state index is 12.8. The third kappa shape index (κ3) is 6.04. The Kier molecular flexibility index (Phi) is 8.46. The number of hydrogen-bond donors (Lipinski definition) is 3. The second-order valence-corrected chi connectivity index (χ2v) is 8.73. The van der Waals surface area contributed by atoms with Crippen LogP contribution < -0.4 is 10.6 Å². The Bertz CT molecular complexity index is 1030. The molecule has 0 aliphatic heterocycles. The van der Waals surface area contributed by atoms with Crippen LogP contribution >= 0.6 is 0 Å². The first-order valence-electron chi connectivity index (χ1n) is 11.6. The van der Waals surface area contributed by atoms with Crippen molar-refractivity contribution in [2.75, 3.05) is 6.61 Å². The molecule has 180 valence electrons. The van der Waals surface area contributed by atoms with Crippen molar-refractivity contribution >= 4 is 18.0 Å². The van der Waals surface area contributed by atoms with Gasteiger partial charge in [-0.15, -0.1) is 0 Å². The predicted molar refractivity (Wildman–Crippen MR) is 131 cm³/mol. The summed E-state index contributed by atoms with van der Waals surface area (Å²) >= 11 is 0. The summed E-state index contributed by atoms with van der Waals surface area (Å²) in [6, 6.07) is 14.1. The van der Waals surface area contributed by atoms with Crippen molar-refractivity contribution in [3.63, 3.8) is 0 Å². The Morgan fingerprint density at radius 2 is 1.56 bits per heavy atom. The lowest BCUT2D eigenvalue weighted by Crippen LogP contribution is -2.51. The van der Waals surface area contributed by atoms with Gasteiger partial charge in [0.2, 0.25) is 5.91 Å². The van der Waals surface area contributed by atoms with E-state index in [1.54, 1.807) is 0 Å². The van der Waals surface area contributed by atoms with Gasteiger partial charge in [-0.05, 0) is 48.9 Å². The molecule has 1 unspecified atom stereocenters. The van der Waals surface area contributed by atoms with E-state index in [2.05, 4.69) is 22.8 Å². The molecular weight excluding hydrogens is 432 g/mol. The molecule has 2 amide bonds. The highest BCUT2D eigenvalue weighted by Gasteiger charge is 2.30. The molecule has 0 fully saturated rings. The quantitative estimate of drug-likeness (QED) is 0.445. The molecule has 34 heavy (non-hydrogen) atoms. The molecule has 0 aromatic heterocycles. The number of alkyl carbamates (subject to hydrolysis) is 1. The second-order valence-electron chi connectivity index (χ2n) is 8.73. The number of amides is 2. The van der Waals surface area contributed by atoms with Crippen LogP contribution in [0, 0.1) is 0 Å². The van der Waals surface area contributed by atoms with E-state index in [-0.39, 0.29) is 18.9 Å². The third-order valence-corrected chi connectivity index (χ3v) is 5.91. The van der Waals surface area contributed by atoms with Crippen molar-refractivity contribution in [3.05, 3.63) is 71.3 Å². The zero-order chi connectivity index (χ0) is 24.7. The lowest BCUT2D eigenvalue weighted by molar-refractivity contribution is -0.142. The molecule has 0 bridgehead atoms. The molecule has 0 spiro atoms. The van der Waals surface area contributed by atoms with Crippen LogP contribution in [0.3, 0.4) is 0 Å². The summed E-state index contributed by atoms with van der Waals surface area (Å²) in [5.41, 5.74) is 5.43. The molecule has 0 saturated carbocycles. The first-order valence-corrected chi connectivity index (χ1v) is 11.6. The van der Waals surface area contributed by atoms with Gasteiger partial charge in [-0.3, -0.25) is 4.79 Å². The summed E-state index contributed by atoms with van der Waals surface area (Å²) in [4.78, 5) is 36.9. The standard InChI is InChI=1S/C27H32N2O5/c1-4-9-24(26(31)32)28-25(30)23(15-14-17(2)3)29-27(33)34-16-22-20-12-7-5-10-18(20)19-11-6-8-13-21(19)22/h5-8,10-14,22-24H,4,9,15-16H2,1-3H3,(H,28,30)(H,29,33)(H,31,32)/t23?,24-/m0/s1. The average molecular weight is 465 g/mol. The number of aliphatic carboxylic acids is 1. The van der Waals surface area contributed by atoms with E-state index in [9.17, 15) is 19.5 Å². The zero-order valence-electron chi connectivity index (χ0n) is 19.8. The topological polar surface area (TPSA) is 105 Å². The largest absolute Gasteiger partial charge is 0.480 e. The van der Waals surface area contributed by atoms with Gasteiger partial charge in [0.15, 0.2) is 0 Å². The maximum absolute atomic E-state index is 12.8. The Morgan fingerprint density at radius 1 is 0.971 bits per heavy atom. The van der Waals surface area contributed by atoms with Crippen LogP contribution in [-0.2, 0) is 14.3 Å². The SMILES string of the molecule is CCC[C@H](NC(=O)C(CC=C(C)C)NC(=O)OCC1c2ccccc2-c2ccccc21)C(=O)O. The molecule has 2 aromatic carbocycles. The number of hydrogen-bond acceptors (Lipinski definition) is 4. The lowest BCUT2D eigenvalue weighted by atomic mass is 9.98. The van der Waals surface area contributed by atoms with Gasteiger partial charge in [-0.25, -0.2) is 9.59 Å². The van der Waals surface area contributed by atoms with E-state index in [1.165, 1.54) is 0 Å². The Hall–Kier alpha value is -3.61. The van der Waals surface area contributed by atoms with Crippen molar-refractivity contribution in [2.45, 2.75) is 58.0 Å². The van der Waals surface area contributed by atoms with Crippen LogP contribution in [-0.4, -0.2) is 41.8 Å². The first-order chi connectivity index (χ1) is 16.3. The van der Waals surface area contributed by atoms with Crippen LogP contribution in [0.5, 0.6) is 0 Å². The van der Waals surface area contributed by atoms with Gasteiger partial charge < -0.3 is 20.5 Å².